The van der Waals surface area contributed by atoms with Crippen molar-refractivity contribution in [3.8, 4) is 5.75 Å². The number of benzene rings is 1. The minimum Gasteiger partial charge on any atom is -0.490 e. The zero-order chi connectivity index (χ0) is 13.1. The summed E-state index contributed by atoms with van der Waals surface area (Å²) in [6.45, 7) is 1.65. The Bertz CT molecular complexity index is 414. The van der Waals surface area contributed by atoms with Crippen LogP contribution in [0.2, 0.25) is 0 Å². The number of ether oxygens (including phenoxy) is 2. The maximum absolute atomic E-state index is 5.85. The Hall–Kier alpha value is -1.10. The number of nitrogens with two attached hydrogens (primary N) is 1. The first-order valence-corrected chi connectivity index (χ1v) is 7.17. The first kappa shape index (κ1) is 12.9. The number of hydrazine groups is 1. The van der Waals surface area contributed by atoms with Crippen LogP contribution in [0.15, 0.2) is 24.3 Å². The van der Waals surface area contributed by atoms with Gasteiger partial charge in [-0.15, -0.1) is 0 Å². The van der Waals surface area contributed by atoms with Gasteiger partial charge in [0.15, 0.2) is 0 Å². The van der Waals surface area contributed by atoms with Gasteiger partial charge in [0.25, 0.3) is 0 Å². The molecule has 1 aliphatic heterocycles. The fraction of sp³-hybridized carbons (Fsp3) is 0.600. The van der Waals surface area contributed by atoms with E-state index in [1.807, 2.05) is 12.1 Å². The van der Waals surface area contributed by atoms with Crippen LogP contribution in [0.25, 0.3) is 0 Å². The lowest BCUT2D eigenvalue weighted by Gasteiger charge is -2.30. The van der Waals surface area contributed by atoms with E-state index in [0.717, 1.165) is 31.8 Å². The van der Waals surface area contributed by atoms with E-state index >= 15 is 0 Å². The van der Waals surface area contributed by atoms with Gasteiger partial charge in [0.2, 0.25) is 0 Å². The highest BCUT2D eigenvalue weighted by atomic mass is 16.5. The molecule has 0 aromatic heterocycles. The number of nitrogens with one attached hydrogen (secondary N) is 1. The Morgan fingerprint density at radius 3 is 2.89 bits per heavy atom. The molecule has 0 amide bonds. The molecule has 2 fully saturated rings. The van der Waals surface area contributed by atoms with Crippen molar-refractivity contribution in [2.45, 2.75) is 37.8 Å². The molecule has 2 unspecified atom stereocenters. The van der Waals surface area contributed by atoms with Crippen molar-refractivity contribution < 1.29 is 9.47 Å². The lowest BCUT2D eigenvalue weighted by molar-refractivity contribution is 0.0390. The highest BCUT2D eigenvalue weighted by Gasteiger charge is 2.26. The fourth-order valence-electron chi connectivity index (χ4n) is 2.69. The highest BCUT2D eigenvalue weighted by molar-refractivity contribution is 5.31. The summed E-state index contributed by atoms with van der Waals surface area (Å²) in [6.07, 6.45) is 5.06. The molecule has 0 radical (unpaired) electrons. The molecule has 19 heavy (non-hydrogen) atoms. The van der Waals surface area contributed by atoms with E-state index in [1.54, 1.807) is 0 Å². The minimum absolute atomic E-state index is 0.142. The van der Waals surface area contributed by atoms with Gasteiger partial charge in [-0.3, -0.25) is 11.3 Å². The molecular weight excluding hydrogens is 240 g/mol. The molecule has 1 aromatic carbocycles. The van der Waals surface area contributed by atoms with Crippen molar-refractivity contribution in [2.75, 3.05) is 13.2 Å². The molecule has 4 nitrogen and oxygen atoms in total. The fourth-order valence-corrected chi connectivity index (χ4v) is 2.69. The van der Waals surface area contributed by atoms with Gasteiger partial charge in [0, 0.05) is 12.5 Å². The SMILES string of the molecule is NNC(c1cccc(OC2CC2)c1)C1CCCOC1. The molecule has 1 saturated carbocycles. The van der Waals surface area contributed by atoms with Crippen LogP contribution >= 0.6 is 0 Å². The zero-order valence-electron chi connectivity index (χ0n) is 11.2. The van der Waals surface area contributed by atoms with E-state index < -0.39 is 0 Å². The summed E-state index contributed by atoms with van der Waals surface area (Å²) in [5.74, 6) is 7.15. The smallest absolute Gasteiger partial charge is 0.120 e. The Morgan fingerprint density at radius 2 is 2.21 bits per heavy atom. The number of rotatable bonds is 5. The monoisotopic (exact) mass is 262 g/mol. The standard InChI is InChI=1S/C15H22N2O2/c16-17-15(12-4-2-8-18-10-12)11-3-1-5-14(9-11)19-13-6-7-13/h1,3,5,9,12-13,15,17H,2,4,6-8,10,16H2. The van der Waals surface area contributed by atoms with Gasteiger partial charge in [-0.2, -0.15) is 0 Å². The van der Waals surface area contributed by atoms with Crippen LogP contribution < -0.4 is 16.0 Å². The molecule has 4 heteroatoms. The molecule has 104 valence electrons. The summed E-state index contributed by atoms with van der Waals surface area (Å²) in [5, 5.41) is 0. The average Bonchev–Trinajstić information content (AvgIpc) is 3.25. The van der Waals surface area contributed by atoms with Crippen molar-refractivity contribution in [1.82, 2.24) is 5.43 Å². The molecule has 1 aliphatic carbocycles. The predicted octanol–water partition coefficient (Wildman–Crippen LogP) is 2.16. The first-order valence-electron chi connectivity index (χ1n) is 7.17. The summed E-state index contributed by atoms with van der Waals surface area (Å²) in [4.78, 5) is 0. The van der Waals surface area contributed by atoms with Crippen LogP contribution in [0.5, 0.6) is 5.75 Å². The minimum atomic E-state index is 0.142. The average molecular weight is 262 g/mol. The largest absolute Gasteiger partial charge is 0.490 e. The van der Waals surface area contributed by atoms with Crippen molar-refractivity contribution in [3.05, 3.63) is 29.8 Å². The van der Waals surface area contributed by atoms with Crippen LogP contribution in [0, 0.1) is 5.92 Å². The topological polar surface area (TPSA) is 56.5 Å². The maximum atomic E-state index is 5.85. The van der Waals surface area contributed by atoms with Crippen LogP contribution in [0.3, 0.4) is 0 Å². The van der Waals surface area contributed by atoms with Gasteiger partial charge in [-0.25, -0.2) is 0 Å². The first-order chi connectivity index (χ1) is 9.36. The normalized spacial score (nSPS) is 25.0. The van der Waals surface area contributed by atoms with Crippen LogP contribution in [0.1, 0.15) is 37.3 Å². The summed E-state index contributed by atoms with van der Waals surface area (Å²) < 4.78 is 11.4. The molecule has 1 aromatic rings. The van der Waals surface area contributed by atoms with Crippen LogP contribution in [-0.2, 0) is 4.74 Å². The summed E-state index contributed by atoms with van der Waals surface area (Å²) >= 11 is 0. The molecule has 2 aliphatic rings. The van der Waals surface area contributed by atoms with Gasteiger partial charge in [0.05, 0.1) is 18.8 Å². The molecule has 3 N–H and O–H groups in total. The summed E-state index contributed by atoms with van der Waals surface area (Å²) in [5.41, 5.74) is 4.14. The van der Waals surface area contributed by atoms with E-state index in [4.69, 9.17) is 15.3 Å². The Kier molecular flexibility index (Phi) is 4.01. The van der Waals surface area contributed by atoms with Gasteiger partial charge in [-0.05, 0) is 43.4 Å². The van der Waals surface area contributed by atoms with E-state index in [-0.39, 0.29) is 6.04 Å². The van der Waals surface area contributed by atoms with E-state index in [9.17, 15) is 0 Å². The number of hydrogen-bond donors (Lipinski definition) is 2. The van der Waals surface area contributed by atoms with E-state index in [1.165, 1.54) is 18.4 Å². The zero-order valence-corrected chi connectivity index (χ0v) is 11.2. The van der Waals surface area contributed by atoms with Gasteiger partial charge >= 0.3 is 0 Å². The number of hydrogen-bond acceptors (Lipinski definition) is 4. The van der Waals surface area contributed by atoms with Crippen molar-refractivity contribution in [2.24, 2.45) is 11.8 Å². The quantitative estimate of drug-likeness (QED) is 0.630. The van der Waals surface area contributed by atoms with E-state index in [0.29, 0.717) is 12.0 Å². The Labute approximate surface area is 114 Å². The molecule has 0 spiro atoms. The third-order valence-electron chi connectivity index (χ3n) is 3.89. The summed E-state index contributed by atoms with van der Waals surface area (Å²) in [7, 11) is 0. The molecular formula is C15H22N2O2. The van der Waals surface area contributed by atoms with Crippen LogP contribution in [0.4, 0.5) is 0 Å². The van der Waals surface area contributed by atoms with Crippen molar-refractivity contribution >= 4 is 0 Å². The highest BCUT2D eigenvalue weighted by Crippen LogP contribution is 2.32. The second kappa shape index (κ2) is 5.90. The van der Waals surface area contributed by atoms with Crippen LogP contribution in [-0.4, -0.2) is 19.3 Å². The van der Waals surface area contributed by atoms with Crippen molar-refractivity contribution in [1.29, 1.82) is 0 Å². The third-order valence-corrected chi connectivity index (χ3v) is 3.89. The third kappa shape index (κ3) is 3.26. The molecule has 0 bridgehead atoms. The Morgan fingerprint density at radius 1 is 1.32 bits per heavy atom. The predicted molar refractivity (Wildman–Crippen MR) is 73.7 cm³/mol. The van der Waals surface area contributed by atoms with Gasteiger partial charge in [0.1, 0.15) is 5.75 Å². The van der Waals surface area contributed by atoms with Gasteiger partial charge < -0.3 is 9.47 Å². The molecule has 3 rings (SSSR count). The molecule has 1 heterocycles. The lowest BCUT2D eigenvalue weighted by Crippen LogP contribution is -2.37. The van der Waals surface area contributed by atoms with E-state index in [2.05, 4.69) is 17.6 Å². The molecule has 1 saturated heterocycles. The van der Waals surface area contributed by atoms with Gasteiger partial charge in [-0.1, -0.05) is 12.1 Å². The second-order valence-electron chi connectivity index (χ2n) is 5.51. The summed E-state index contributed by atoms with van der Waals surface area (Å²) in [6, 6.07) is 8.42. The Balaban J connectivity index is 1.73. The molecule has 2 atom stereocenters. The lowest BCUT2D eigenvalue weighted by atomic mass is 9.89. The maximum Gasteiger partial charge on any atom is 0.120 e. The second-order valence-corrected chi connectivity index (χ2v) is 5.51. The van der Waals surface area contributed by atoms with Crippen molar-refractivity contribution in [3.63, 3.8) is 0 Å².